The predicted octanol–water partition coefficient (Wildman–Crippen LogP) is 4.07. The highest BCUT2D eigenvalue weighted by molar-refractivity contribution is 6.33. The van der Waals surface area contributed by atoms with E-state index in [1.807, 2.05) is 18.2 Å². The maximum absolute atomic E-state index is 6.21. The quantitative estimate of drug-likeness (QED) is 0.923. The van der Waals surface area contributed by atoms with E-state index in [-0.39, 0.29) is 6.10 Å². The molecule has 0 saturated heterocycles. The normalized spacial score (nSPS) is 17.1. The van der Waals surface area contributed by atoms with Crippen LogP contribution in [0.3, 0.4) is 0 Å². The number of halogens is 1. The maximum Gasteiger partial charge on any atom is 0.121 e. The average molecular weight is 304 g/mol. The lowest BCUT2D eigenvalue weighted by Gasteiger charge is -2.26. The molecule has 2 aromatic carbocycles. The van der Waals surface area contributed by atoms with Gasteiger partial charge in [-0.25, -0.2) is 0 Å². The lowest BCUT2D eigenvalue weighted by molar-refractivity contribution is 0.0513. The van der Waals surface area contributed by atoms with Gasteiger partial charge < -0.3 is 14.8 Å². The summed E-state index contributed by atoms with van der Waals surface area (Å²) in [6.07, 6.45) is 1.03. The molecular weight excluding hydrogens is 286 g/mol. The van der Waals surface area contributed by atoms with Crippen LogP contribution in [0, 0.1) is 0 Å². The lowest BCUT2D eigenvalue weighted by atomic mass is 9.97. The largest absolute Gasteiger partial charge is 0.497 e. The summed E-state index contributed by atoms with van der Waals surface area (Å²) >= 11 is 6.21. The van der Waals surface area contributed by atoms with Gasteiger partial charge in [0, 0.05) is 12.6 Å². The molecule has 3 nitrogen and oxygen atoms in total. The number of nitrogens with one attached hydrogen (secondary N) is 1. The van der Waals surface area contributed by atoms with Crippen molar-refractivity contribution in [3.63, 3.8) is 0 Å². The molecule has 4 heteroatoms. The van der Waals surface area contributed by atoms with Crippen LogP contribution in [0.5, 0.6) is 5.75 Å². The molecule has 1 aliphatic heterocycles. The van der Waals surface area contributed by atoms with Crippen molar-refractivity contribution in [3.05, 3.63) is 58.6 Å². The van der Waals surface area contributed by atoms with E-state index in [2.05, 4.69) is 29.6 Å². The van der Waals surface area contributed by atoms with Gasteiger partial charge in [0.25, 0.3) is 0 Å². The summed E-state index contributed by atoms with van der Waals surface area (Å²) in [6.45, 7) is 1.44. The highest BCUT2D eigenvalue weighted by Gasteiger charge is 2.20. The molecule has 1 unspecified atom stereocenters. The van der Waals surface area contributed by atoms with Crippen LogP contribution in [0.1, 0.15) is 17.2 Å². The van der Waals surface area contributed by atoms with Gasteiger partial charge in [-0.1, -0.05) is 35.9 Å². The Morgan fingerprint density at radius 2 is 2.14 bits per heavy atom. The van der Waals surface area contributed by atoms with Crippen LogP contribution in [0.25, 0.3) is 0 Å². The number of methoxy groups -OCH3 is 1. The second-order valence-corrected chi connectivity index (χ2v) is 5.44. The van der Waals surface area contributed by atoms with Crippen molar-refractivity contribution in [2.45, 2.75) is 12.5 Å². The molecule has 0 radical (unpaired) electrons. The minimum absolute atomic E-state index is 0.0530. The van der Waals surface area contributed by atoms with E-state index in [1.165, 1.54) is 11.1 Å². The second kappa shape index (κ2) is 6.37. The molecule has 1 atom stereocenters. The molecule has 0 aromatic heterocycles. The molecule has 0 amide bonds. The Balaban J connectivity index is 1.74. The highest BCUT2D eigenvalue weighted by Crippen LogP contribution is 2.30. The first-order valence-electron chi connectivity index (χ1n) is 7.05. The summed E-state index contributed by atoms with van der Waals surface area (Å²) in [5.41, 5.74) is 3.49. The number of rotatable bonds is 4. The summed E-state index contributed by atoms with van der Waals surface area (Å²) in [4.78, 5) is 0. The molecule has 0 saturated carbocycles. The van der Waals surface area contributed by atoms with Gasteiger partial charge in [-0.05, 0) is 29.7 Å². The van der Waals surface area contributed by atoms with Crippen LogP contribution in [0.15, 0.2) is 42.5 Å². The zero-order valence-electron chi connectivity index (χ0n) is 11.9. The molecule has 0 spiro atoms. The topological polar surface area (TPSA) is 30.5 Å². The Labute approximate surface area is 129 Å². The molecule has 21 heavy (non-hydrogen) atoms. The fraction of sp³-hybridized carbons (Fsp3) is 0.294. The van der Waals surface area contributed by atoms with Gasteiger partial charge in [-0.2, -0.15) is 0 Å². The Morgan fingerprint density at radius 1 is 1.29 bits per heavy atom. The summed E-state index contributed by atoms with van der Waals surface area (Å²) in [5, 5.41) is 4.04. The van der Waals surface area contributed by atoms with Crippen molar-refractivity contribution >= 4 is 17.3 Å². The third-order valence-corrected chi connectivity index (χ3v) is 4.07. The first-order valence-corrected chi connectivity index (χ1v) is 7.42. The first kappa shape index (κ1) is 14.2. The van der Waals surface area contributed by atoms with E-state index in [1.54, 1.807) is 7.11 Å². The summed E-state index contributed by atoms with van der Waals surface area (Å²) < 4.78 is 11.1. The molecule has 2 aromatic rings. The van der Waals surface area contributed by atoms with Gasteiger partial charge in [0.05, 0.1) is 30.5 Å². The average Bonchev–Trinajstić information content (AvgIpc) is 2.54. The van der Waals surface area contributed by atoms with Crippen molar-refractivity contribution in [2.75, 3.05) is 25.6 Å². The Hall–Kier alpha value is -1.71. The van der Waals surface area contributed by atoms with Crippen LogP contribution in [-0.2, 0) is 11.2 Å². The van der Waals surface area contributed by atoms with E-state index in [4.69, 9.17) is 21.1 Å². The SMILES string of the molecule is COc1ccc(Cl)c(NCC2OCCc3ccccc32)c1. The van der Waals surface area contributed by atoms with Gasteiger partial charge >= 0.3 is 0 Å². The number of benzene rings is 2. The number of anilines is 1. The predicted molar refractivity (Wildman–Crippen MR) is 85.3 cm³/mol. The third-order valence-electron chi connectivity index (χ3n) is 3.74. The third kappa shape index (κ3) is 3.14. The van der Waals surface area contributed by atoms with Crippen LogP contribution >= 0.6 is 11.6 Å². The van der Waals surface area contributed by atoms with Crippen LogP contribution in [0.2, 0.25) is 5.02 Å². The van der Waals surface area contributed by atoms with E-state index < -0.39 is 0 Å². The number of fused-ring (bicyclic) bond motifs is 1. The van der Waals surface area contributed by atoms with Crippen molar-refractivity contribution in [1.29, 1.82) is 0 Å². The van der Waals surface area contributed by atoms with Gasteiger partial charge in [-0.3, -0.25) is 0 Å². The molecule has 1 aliphatic rings. The van der Waals surface area contributed by atoms with Gasteiger partial charge in [0.2, 0.25) is 0 Å². The van der Waals surface area contributed by atoms with Crippen molar-refractivity contribution in [2.24, 2.45) is 0 Å². The molecule has 3 rings (SSSR count). The Bertz CT molecular complexity index is 630. The monoisotopic (exact) mass is 303 g/mol. The van der Waals surface area contributed by atoms with Crippen LogP contribution in [0.4, 0.5) is 5.69 Å². The van der Waals surface area contributed by atoms with Gasteiger partial charge in [0.1, 0.15) is 5.75 Å². The fourth-order valence-electron chi connectivity index (χ4n) is 2.62. The first-order chi connectivity index (χ1) is 10.3. The summed E-state index contributed by atoms with van der Waals surface area (Å²) in [6, 6.07) is 14.0. The second-order valence-electron chi connectivity index (χ2n) is 5.03. The van der Waals surface area contributed by atoms with Crippen molar-refractivity contribution in [1.82, 2.24) is 0 Å². The number of hydrogen-bond donors (Lipinski definition) is 1. The van der Waals surface area contributed by atoms with Gasteiger partial charge in [0.15, 0.2) is 0 Å². The smallest absolute Gasteiger partial charge is 0.121 e. The van der Waals surface area contributed by atoms with Crippen molar-refractivity contribution < 1.29 is 9.47 Å². The highest BCUT2D eigenvalue weighted by atomic mass is 35.5. The lowest BCUT2D eigenvalue weighted by Crippen LogP contribution is -2.22. The minimum Gasteiger partial charge on any atom is -0.497 e. The molecule has 1 heterocycles. The molecule has 1 N–H and O–H groups in total. The maximum atomic E-state index is 6.21. The standard InChI is InChI=1S/C17H18ClNO2/c1-20-13-6-7-15(18)16(10-13)19-11-17-14-5-3-2-4-12(14)8-9-21-17/h2-7,10,17,19H,8-9,11H2,1H3. The molecule has 110 valence electrons. The van der Waals surface area contributed by atoms with Crippen molar-refractivity contribution in [3.8, 4) is 5.75 Å². The molecule has 0 bridgehead atoms. The van der Waals surface area contributed by atoms with Crippen LogP contribution < -0.4 is 10.1 Å². The number of ether oxygens (including phenoxy) is 2. The fourth-order valence-corrected chi connectivity index (χ4v) is 2.80. The summed E-state index contributed by atoms with van der Waals surface area (Å²) in [7, 11) is 1.65. The zero-order valence-corrected chi connectivity index (χ0v) is 12.7. The van der Waals surface area contributed by atoms with Gasteiger partial charge in [-0.15, -0.1) is 0 Å². The van der Waals surface area contributed by atoms with E-state index in [0.29, 0.717) is 11.6 Å². The Morgan fingerprint density at radius 3 is 3.00 bits per heavy atom. The minimum atomic E-state index is 0.0530. The molecule has 0 fully saturated rings. The zero-order chi connectivity index (χ0) is 14.7. The van der Waals surface area contributed by atoms with Crippen LogP contribution in [-0.4, -0.2) is 20.3 Å². The molecule has 0 aliphatic carbocycles. The van der Waals surface area contributed by atoms with E-state index in [9.17, 15) is 0 Å². The Kier molecular flexibility index (Phi) is 4.32. The summed E-state index contributed by atoms with van der Waals surface area (Å²) in [5.74, 6) is 0.784. The molecular formula is C17H18ClNO2. The van der Waals surface area contributed by atoms with E-state index >= 15 is 0 Å². The number of hydrogen-bond acceptors (Lipinski definition) is 3. The van der Waals surface area contributed by atoms with E-state index in [0.717, 1.165) is 24.5 Å².